The molecule has 6 nitrogen and oxygen atoms in total. The topological polar surface area (TPSA) is 84.9 Å². The molecule has 0 heterocycles. The van der Waals surface area contributed by atoms with Gasteiger partial charge in [-0.05, 0) is 49.2 Å². The van der Waals surface area contributed by atoms with Crippen molar-refractivity contribution in [1.82, 2.24) is 0 Å². The highest BCUT2D eigenvalue weighted by Gasteiger charge is 2.08. The molecule has 0 unspecified atom stereocenters. The smallest absolute Gasteiger partial charge is 0.341 e. The number of carbonyl (C=O) groups excluding carboxylic acids is 1. The van der Waals surface area contributed by atoms with Crippen LogP contribution in [0.2, 0.25) is 0 Å². The number of halogens is 2. The molecule has 27 heavy (non-hydrogen) atoms. The third-order valence-electron chi connectivity index (χ3n) is 3.53. The maximum absolute atomic E-state index is 13.4. The normalized spacial score (nSPS) is 10.3. The second-order valence-corrected chi connectivity index (χ2v) is 5.73. The lowest BCUT2D eigenvalue weighted by Gasteiger charge is -2.11. The van der Waals surface area contributed by atoms with Crippen molar-refractivity contribution >= 4 is 17.6 Å². The first-order valence-electron chi connectivity index (χ1n) is 8.18. The van der Waals surface area contributed by atoms with E-state index in [4.69, 9.17) is 14.6 Å². The first kappa shape index (κ1) is 20.2. The fourth-order valence-electron chi connectivity index (χ4n) is 2.23. The predicted octanol–water partition coefficient (Wildman–Crippen LogP) is 3.53. The third kappa shape index (κ3) is 6.58. The van der Waals surface area contributed by atoms with E-state index in [2.05, 4.69) is 5.32 Å². The average molecular weight is 379 g/mol. The van der Waals surface area contributed by atoms with Crippen LogP contribution in [0, 0.1) is 18.6 Å². The third-order valence-corrected chi connectivity index (χ3v) is 3.53. The Hall–Kier alpha value is -3.16. The van der Waals surface area contributed by atoms with Gasteiger partial charge in [-0.15, -0.1) is 0 Å². The molecule has 0 atom stereocenters. The molecule has 0 bridgehead atoms. The molecule has 8 heteroatoms. The average Bonchev–Trinajstić information content (AvgIpc) is 2.60. The highest BCUT2D eigenvalue weighted by Crippen LogP contribution is 2.22. The van der Waals surface area contributed by atoms with Gasteiger partial charge in [-0.1, -0.05) is 0 Å². The number of hydrogen-bond acceptors (Lipinski definition) is 4. The molecule has 2 aromatic rings. The Labute approximate surface area is 154 Å². The molecule has 0 fully saturated rings. The van der Waals surface area contributed by atoms with Crippen molar-refractivity contribution in [3.05, 3.63) is 53.6 Å². The number of rotatable bonds is 9. The number of carboxylic acids is 1. The van der Waals surface area contributed by atoms with Gasteiger partial charge in [0.25, 0.3) is 0 Å². The largest absolute Gasteiger partial charge is 0.491 e. The molecule has 0 aromatic heterocycles. The number of benzene rings is 2. The molecule has 0 aliphatic heterocycles. The maximum Gasteiger partial charge on any atom is 0.341 e. The summed E-state index contributed by atoms with van der Waals surface area (Å²) in [4.78, 5) is 22.5. The fraction of sp³-hybridized carbons (Fsp3) is 0.263. The second-order valence-electron chi connectivity index (χ2n) is 5.73. The lowest BCUT2D eigenvalue weighted by Crippen LogP contribution is -2.14. The van der Waals surface area contributed by atoms with Crippen molar-refractivity contribution in [3.63, 3.8) is 0 Å². The zero-order valence-corrected chi connectivity index (χ0v) is 14.6. The van der Waals surface area contributed by atoms with E-state index in [1.54, 1.807) is 25.1 Å². The number of amides is 1. The van der Waals surface area contributed by atoms with E-state index in [9.17, 15) is 18.4 Å². The highest BCUT2D eigenvalue weighted by molar-refractivity contribution is 5.91. The van der Waals surface area contributed by atoms with Gasteiger partial charge in [-0.2, -0.15) is 0 Å². The molecule has 0 radical (unpaired) electrons. The minimum atomic E-state index is -1.08. The van der Waals surface area contributed by atoms with Crippen LogP contribution in [0.3, 0.4) is 0 Å². The minimum Gasteiger partial charge on any atom is -0.491 e. The zero-order chi connectivity index (χ0) is 19.8. The van der Waals surface area contributed by atoms with E-state index in [1.165, 1.54) is 6.07 Å². The Morgan fingerprint density at radius 2 is 1.89 bits per heavy atom. The summed E-state index contributed by atoms with van der Waals surface area (Å²) in [5.74, 6) is -2.48. The van der Waals surface area contributed by atoms with E-state index in [0.29, 0.717) is 17.9 Å². The van der Waals surface area contributed by atoms with E-state index >= 15 is 0 Å². The molecule has 144 valence electrons. The summed E-state index contributed by atoms with van der Waals surface area (Å²) in [5.41, 5.74) is 1.30. The van der Waals surface area contributed by atoms with Gasteiger partial charge >= 0.3 is 5.97 Å². The number of nitrogens with one attached hydrogen (secondary N) is 1. The van der Waals surface area contributed by atoms with E-state index in [1.807, 2.05) is 0 Å². The molecule has 0 saturated heterocycles. The van der Waals surface area contributed by atoms with Crippen LogP contribution in [0.5, 0.6) is 11.5 Å². The molecular weight excluding hydrogens is 360 g/mol. The summed E-state index contributed by atoms with van der Waals surface area (Å²) >= 11 is 0. The van der Waals surface area contributed by atoms with Crippen molar-refractivity contribution in [1.29, 1.82) is 0 Å². The number of ether oxygens (including phenoxy) is 2. The molecule has 0 saturated carbocycles. The number of carbonyl (C=O) groups is 2. The van der Waals surface area contributed by atoms with Crippen LogP contribution in [0.4, 0.5) is 14.5 Å². The van der Waals surface area contributed by atoms with Crippen LogP contribution in [-0.2, 0) is 9.59 Å². The van der Waals surface area contributed by atoms with Gasteiger partial charge in [0, 0.05) is 18.2 Å². The number of aliphatic carboxylic acids is 1. The Morgan fingerprint density at radius 3 is 2.56 bits per heavy atom. The van der Waals surface area contributed by atoms with Crippen molar-refractivity contribution in [3.8, 4) is 11.5 Å². The molecule has 0 aliphatic rings. The predicted molar refractivity (Wildman–Crippen MR) is 94.0 cm³/mol. The maximum atomic E-state index is 13.4. The van der Waals surface area contributed by atoms with Gasteiger partial charge in [-0.25, -0.2) is 13.6 Å². The van der Waals surface area contributed by atoms with Gasteiger partial charge in [0.2, 0.25) is 5.91 Å². The van der Waals surface area contributed by atoms with Gasteiger partial charge < -0.3 is 19.9 Å². The number of aryl methyl sites for hydroxylation is 1. The molecule has 2 rings (SSSR count). The second kappa shape index (κ2) is 9.51. The summed E-state index contributed by atoms with van der Waals surface area (Å²) in [5, 5.41) is 11.3. The minimum absolute atomic E-state index is 0.0652. The molecular formula is C19H19F2NO5. The summed E-state index contributed by atoms with van der Waals surface area (Å²) in [6.45, 7) is 1.42. The first-order chi connectivity index (χ1) is 12.8. The van der Waals surface area contributed by atoms with Crippen LogP contribution in [0.1, 0.15) is 18.4 Å². The Morgan fingerprint density at radius 1 is 1.11 bits per heavy atom. The van der Waals surface area contributed by atoms with E-state index in [-0.39, 0.29) is 24.7 Å². The van der Waals surface area contributed by atoms with Crippen molar-refractivity contribution in [2.75, 3.05) is 18.5 Å². The SMILES string of the molecule is Cc1cc(OCC(=O)O)ccc1NC(=O)CCCOc1ccc(F)cc1F. The summed E-state index contributed by atoms with van der Waals surface area (Å²) in [6.07, 6.45) is 0.501. The van der Waals surface area contributed by atoms with Gasteiger partial charge in [-0.3, -0.25) is 4.79 Å². The van der Waals surface area contributed by atoms with Crippen LogP contribution in [-0.4, -0.2) is 30.2 Å². The number of carboxylic acid groups (broad SMARTS) is 1. The van der Waals surface area contributed by atoms with Crippen LogP contribution in [0.25, 0.3) is 0 Å². The van der Waals surface area contributed by atoms with Gasteiger partial charge in [0.05, 0.1) is 6.61 Å². The monoisotopic (exact) mass is 379 g/mol. The molecule has 2 N–H and O–H groups in total. The zero-order valence-electron chi connectivity index (χ0n) is 14.6. The van der Waals surface area contributed by atoms with E-state index < -0.39 is 24.2 Å². The Balaban J connectivity index is 1.77. The standard InChI is InChI=1S/C19H19F2NO5/c1-12-9-14(27-11-19(24)25)5-6-16(12)22-18(23)3-2-8-26-17-7-4-13(20)10-15(17)21/h4-7,9-10H,2-3,8,11H2,1H3,(H,22,23)(H,24,25). The lowest BCUT2D eigenvalue weighted by atomic mass is 10.2. The summed E-state index contributed by atoms with van der Waals surface area (Å²) in [6, 6.07) is 7.83. The van der Waals surface area contributed by atoms with Crippen LogP contribution in [0.15, 0.2) is 36.4 Å². The number of anilines is 1. The van der Waals surface area contributed by atoms with Crippen molar-refractivity contribution < 1.29 is 33.0 Å². The van der Waals surface area contributed by atoms with Crippen molar-refractivity contribution in [2.45, 2.75) is 19.8 Å². The first-order valence-corrected chi connectivity index (χ1v) is 8.18. The van der Waals surface area contributed by atoms with Crippen LogP contribution < -0.4 is 14.8 Å². The molecule has 2 aromatic carbocycles. The highest BCUT2D eigenvalue weighted by atomic mass is 19.1. The quantitative estimate of drug-likeness (QED) is 0.651. The van der Waals surface area contributed by atoms with Crippen molar-refractivity contribution in [2.24, 2.45) is 0 Å². The molecule has 0 aliphatic carbocycles. The summed E-state index contributed by atoms with van der Waals surface area (Å²) < 4.78 is 36.5. The lowest BCUT2D eigenvalue weighted by molar-refractivity contribution is -0.139. The van der Waals surface area contributed by atoms with Gasteiger partial charge in [0.1, 0.15) is 11.6 Å². The fourth-order valence-corrected chi connectivity index (χ4v) is 2.23. The molecule has 1 amide bonds. The Bertz CT molecular complexity index is 826. The van der Waals surface area contributed by atoms with Gasteiger partial charge in [0.15, 0.2) is 18.2 Å². The van der Waals surface area contributed by atoms with E-state index in [0.717, 1.165) is 17.7 Å². The number of hydrogen-bond donors (Lipinski definition) is 2. The van der Waals surface area contributed by atoms with Crippen LogP contribution >= 0.6 is 0 Å². The molecule has 0 spiro atoms. The Kier molecular flexibility index (Phi) is 7.10. The summed E-state index contributed by atoms with van der Waals surface area (Å²) in [7, 11) is 0.